The van der Waals surface area contributed by atoms with Crippen molar-refractivity contribution in [3.8, 4) is 52.0 Å². The van der Waals surface area contributed by atoms with E-state index in [4.69, 9.17) is 34.2 Å². The van der Waals surface area contributed by atoms with E-state index < -0.39 is 5.92 Å². The monoisotopic (exact) mass is 478 g/mol. The van der Waals surface area contributed by atoms with E-state index in [1.165, 1.54) is 14.2 Å². The number of nitrogens with zero attached hydrogens (tertiary/aromatic N) is 2. The van der Waals surface area contributed by atoms with Gasteiger partial charge in [-0.3, -0.25) is 5.10 Å². The summed E-state index contributed by atoms with van der Waals surface area (Å²) < 4.78 is 33.7. The normalized spacial score (nSPS) is 14.5. The molecule has 10 nitrogen and oxygen atoms in total. The minimum Gasteiger partial charge on any atom is -0.496 e. The van der Waals surface area contributed by atoms with Crippen LogP contribution in [0.1, 0.15) is 24.0 Å². The van der Waals surface area contributed by atoms with Gasteiger partial charge in [-0.25, -0.2) is 0 Å². The molecule has 182 valence electrons. The van der Waals surface area contributed by atoms with Gasteiger partial charge in [0, 0.05) is 23.3 Å². The zero-order chi connectivity index (χ0) is 25.1. The number of nitrogens with one attached hydrogen (secondary N) is 1. The van der Waals surface area contributed by atoms with Gasteiger partial charge in [0.05, 0.1) is 52.2 Å². The number of fused-ring (bicyclic) bond motifs is 1. The van der Waals surface area contributed by atoms with Crippen LogP contribution in [0.4, 0.5) is 0 Å². The first-order valence-electron chi connectivity index (χ1n) is 10.8. The summed E-state index contributed by atoms with van der Waals surface area (Å²) in [5, 5.41) is 17.4. The molecule has 1 atom stereocenters. The molecule has 0 amide bonds. The van der Waals surface area contributed by atoms with Crippen LogP contribution in [0.15, 0.2) is 41.8 Å². The van der Waals surface area contributed by atoms with Crippen LogP contribution in [0.5, 0.6) is 34.6 Å². The van der Waals surface area contributed by atoms with Crippen LogP contribution in [-0.2, 0) is 0 Å². The first kappa shape index (κ1) is 23.6. The number of rotatable bonds is 8. The number of ether oxygens (including phenoxy) is 6. The van der Waals surface area contributed by atoms with Gasteiger partial charge in [-0.2, -0.15) is 5.26 Å². The Kier molecular flexibility index (Phi) is 6.59. The number of benzene rings is 2. The molecule has 1 aliphatic rings. The van der Waals surface area contributed by atoms with Gasteiger partial charge in [0.15, 0.2) is 11.5 Å². The molecule has 35 heavy (non-hydrogen) atoms. The third-order valence-electron chi connectivity index (χ3n) is 5.73. The molecule has 2 aromatic carbocycles. The van der Waals surface area contributed by atoms with Crippen LogP contribution >= 0.6 is 0 Å². The Morgan fingerprint density at radius 3 is 2.23 bits per heavy atom. The summed E-state index contributed by atoms with van der Waals surface area (Å²) >= 11 is 0. The zero-order valence-electron chi connectivity index (χ0n) is 20.1. The maximum absolute atomic E-state index is 10.1. The molecule has 2 heterocycles. The predicted octanol–water partition coefficient (Wildman–Crippen LogP) is 3.73. The first-order chi connectivity index (χ1) is 17.0. The fourth-order valence-electron chi connectivity index (χ4n) is 4.17. The van der Waals surface area contributed by atoms with Crippen LogP contribution in [-0.4, -0.2) is 45.2 Å². The van der Waals surface area contributed by atoms with Crippen molar-refractivity contribution < 1.29 is 28.4 Å². The lowest BCUT2D eigenvalue weighted by atomic mass is 9.82. The zero-order valence-corrected chi connectivity index (χ0v) is 20.1. The third kappa shape index (κ3) is 4.01. The van der Waals surface area contributed by atoms with E-state index in [9.17, 15) is 5.26 Å². The molecule has 1 aliphatic heterocycles. The number of nitriles is 1. The van der Waals surface area contributed by atoms with Gasteiger partial charge in [-0.1, -0.05) is 0 Å². The van der Waals surface area contributed by atoms with Crippen LogP contribution < -0.4 is 34.2 Å². The van der Waals surface area contributed by atoms with Gasteiger partial charge < -0.3 is 34.2 Å². The van der Waals surface area contributed by atoms with E-state index in [0.717, 1.165) is 5.56 Å². The molecule has 0 spiro atoms. The Morgan fingerprint density at radius 1 is 0.971 bits per heavy atom. The molecule has 4 rings (SSSR count). The van der Waals surface area contributed by atoms with Crippen molar-refractivity contribution in [1.29, 1.82) is 5.26 Å². The van der Waals surface area contributed by atoms with E-state index in [1.807, 2.05) is 25.1 Å². The van der Waals surface area contributed by atoms with Gasteiger partial charge in [-0.05, 0) is 25.1 Å². The number of aromatic amines is 1. The minimum absolute atomic E-state index is 0.0488. The highest BCUT2D eigenvalue weighted by Gasteiger charge is 2.39. The molecular formula is C25H26N4O6. The van der Waals surface area contributed by atoms with E-state index in [0.29, 0.717) is 52.2 Å². The lowest BCUT2D eigenvalue weighted by Gasteiger charge is -2.27. The van der Waals surface area contributed by atoms with Gasteiger partial charge in [0.1, 0.15) is 28.9 Å². The molecular weight excluding hydrogens is 452 g/mol. The highest BCUT2D eigenvalue weighted by atomic mass is 16.5. The molecule has 3 N–H and O–H groups in total. The number of aromatic nitrogens is 2. The van der Waals surface area contributed by atoms with Crippen molar-refractivity contribution in [3.63, 3.8) is 0 Å². The number of hydrogen-bond donors (Lipinski definition) is 2. The summed E-state index contributed by atoms with van der Waals surface area (Å²) in [6.45, 7) is 2.40. The lowest BCUT2D eigenvalue weighted by molar-refractivity contribution is 0.311. The SMILES string of the molecule is CCOc1ccc(-c2[nH]nc3c2[C@@H](c2c(OC)cc(OC)cc2OC)C(C#N)=C(N)O3)cc1OC. The number of nitrogens with two attached hydrogens (primary N) is 1. The number of hydrogen-bond acceptors (Lipinski definition) is 9. The number of H-pyrrole nitrogens is 1. The molecule has 10 heteroatoms. The second-order valence-corrected chi connectivity index (χ2v) is 7.49. The van der Waals surface area contributed by atoms with Crippen molar-refractivity contribution >= 4 is 0 Å². The van der Waals surface area contributed by atoms with E-state index in [2.05, 4.69) is 16.3 Å². The summed E-state index contributed by atoms with van der Waals surface area (Å²) in [6, 6.07) is 11.1. The summed E-state index contributed by atoms with van der Waals surface area (Å²) in [4.78, 5) is 0. The molecule has 0 unspecified atom stereocenters. The highest BCUT2D eigenvalue weighted by molar-refractivity contribution is 5.74. The summed E-state index contributed by atoms with van der Waals surface area (Å²) in [6.07, 6.45) is 0. The molecule has 0 saturated heterocycles. The quantitative estimate of drug-likeness (QED) is 0.497. The Morgan fingerprint density at radius 2 is 1.66 bits per heavy atom. The summed E-state index contributed by atoms with van der Waals surface area (Å²) in [5.74, 6) is 2.10. The van der Waals surface area contributed by atoms with Gasteiger partial charge in [0.2, 0.25) is 11.8 Å². The van der Waals surface area contributed by atoms with Gasteiger partial charge >= 0.3 is 0 Å². The molecule has 1 aromatic heterocycles. The van der Waals surface area contributed by atoms with Crippen LogP contribution in [0.25, 0.3) is 11.3 Å². The fraction of sp³-hybridized carbons (Fsp3) is 0.280. The summed E-state index contributed by atoms with van der Waals surface area (Å²) in [5.41, 5.74) is 8.90. The topological polar surface area (TPSA) is 134 Å². The molecule has 0 fully saturated rings. The van der Waals surface area contributed by atoms with Crippen molar-refractivity contribution in [2.24, 2.45) is 5.73 Å². The van der Waals surface area contributed by atoms with Crippen molar-refractivity contribution in [2.45, 2.75) is 12.8 Å². The average Bonchev–Trinajstić information content (AvgIpc) is 3.30. The second kappa shape index (κ2) is 9.77. The first-order valence-corrected chi connectivity index (χ1v) is 10.8. The Bertz CT molecular complexity index is 1300. The third-order valence-corrected chi connectivity index (χ3v) is 5.73. The average molecular weight is 479 g/mol. The number of methoxy groups -OCH3 is 4. The number of allylic oxidation sites excluding steroid dienone is 1. The van der Waals surface area contributed by atoms with Crippen LogP contribution in [0, 0.1) is 11.3 Å². The standard InChI is InChI=1S/C25H26N4O6/c1-6-34-16-8-7-13(9-17(16)31-3)23-22-20(15(12-26)24(27)35-25(22)29-28-23)21-18(32-4)10-14(30-2)11-19(21)33-5/h7-11,20H,6,27H2,1-5H3,(H,28,29)/t20-/m1/s1. The molecule has 0 bridgehead atoms. The van der Waals surface area contributed by atoms with Crippen molar-refractivity contribution in [1.82, 2.24) is 10.2 Å². The maximum atomic E-state index is 10.1. The van der Waals surface area contributed by atoms with Gasteiger partial charge in [-0.15, -0.1) is 5.10 Å². The van der Waals surface area contributed by atoms with E-state index >= 15 is 0 Å². The minimum atomic E-state index is -0.703. The smallest absolute Gasteiger partial charge is 0.244 e. The summed E-state index contributed by atoms with van der Waals surface area (Å²) in [7, 11) is 6.18. The molecule has 0 aliphatic carbocycles. The highest BCUT2D eigenvalue weighted by Crippen LogP contribution is 2.52. The molecule has 0 saturated carbocycles. The second-order valence-electron chi connectivity index (χ2n) is 7.49. The Labute approximate surface area is 202 Å². The largest absolute Gasteiger partial charge is 0.496 e. The molecule has 0 radical (unpaired) electrons. The molecule has 3 aromatic rings. The van der Waals surface area contributed by atoms with Crippen molar-refractivity contribution in [3.05, 3.63) is 52.9 Å². The Hall–Kier alpha value is -4.52. The fourth-order valence-corrected chi connectivity index (χ4v) is 4.17. The van der Waals surface area contributed by atoms with Gasteiger partial charge in [0.25, 0.3) is 0 Å². The van der Waals surface area contributed by atoms with Crippen LogP contribution in [0.3, 0.4) is 0 Å². The maximum Gasteiger partial charge on any atom is 0.244 e. The van der Waals surface area contributed by atoms with E-state index in [1.54, 1.807) is 26.4 Å². The Balaban J connectivity index is 1.98. The lowest BCUT2D eigenvalue weighted by Crippen LogP contribution is -2.21. The van der Waals surface area contributed by atoms with Crippen molar-refractivity contribution in [2.75, 3.05) is 35.0 Å². The van der Waals surface area contributed by atoms with E-state index in [-0.39, 0.29) is 17.3 Å². The van der Waals surface area contributed by atoms with Crippen LogP contribution in [0.2, 0.25) is 0 Å². The predicted molar refractivity (Wildman–Crippen MR) is 127 cm³/mol.